The highest BCUT2D eigenvalue weighted by Crippen LogP contribution is 2.35. The molecule has 0 radical (unpaired) electrons. The number of nitro groups is 2. The van der Waals surface area contributed by atoms with Crippen molar-refractivity contribution in [1.82, 2.24) is 0 Å². The van der Waals surface area contributed by atoms with Gasteiger partial charge in [-0.15, -0.1) is 0 Å². The van der Waals surface area contributed by atoms with Crippen LogP contribution in [0.15, 0.2) is 12.1 Å². The first-order chi connectivity index (χ1) is 6.99. The van der Waals surface area contributed by atoms with Gasteiger partial charge in [-0.25, -0.2) is 0 Å². The lowest BCUT2D eigenvalue weighted by Crippen LogP contribution is -2.00. The maximum atomic E-state index is 10.7. The highest BCUT2D eigenvalue weighted by molar-refractivity contribution is 5.62. The van der Waals surface area contributed by atoms with Gasteiger partial charge in [-0.2, -0.15) is 0 Å². The van der Waals surface area contributed by atoms with E-state index in [-0.39, 0.29) is 11.3 Å². The molecule has 0 aliphatic rings. The Labute approximate surface area is 84.6 Å². The van der Waals surface area contributed by atoms with Crippen LogP contribution in [-0.2, 0) is 0 Å². The van der Waals surface area contributed by atoms with Crippen LogP contribution in [0.1, 0.15) is 5.56 Å². The van der Waals surface area contributed by atoms with Gasteiger partial charge in [0.2, 0.25) is 0 Å². The zero-order valence-corrected chi connectivity index (χ0v) is 8.09. The summed E-state index contributed by atoms with van der Waals surface area (Å²) in [5.74, 6) is 0.257. The van der Waals surface area contributed by atoms with Crippen LogP contribution in [0.2, 0.25) is 0 Å². The average molecular weight is 212 g/mol. The minimum absolute atomic E-state index is 0.150. The maximum absolute atomic E-state index is 10.7. The van der Waals surface area contributed by atoms with E-state index in [9.17, 15) is 20.2 Å². The Hall–Kier alpha value is -2.18. The van der Waals surface area contributed by atoms with Crippen molar-refractivity contribution in [3.63, 3.8) is 0 Å². The molecule has 80 valence electrons. The SMILES string of the molecule is COc1ccc([N+](=O)[O-])c([N+](=O)[O-])c1C. The minimum Gasteiger partial charge on any atom is -0.496 e. The van der Waals surface area contributed by atoms with Gasteiger partial charge in [-0.1, -0.05) is 0 Å². The Morgan fingerprint density at radius 1 is 1.20 bits per heavy atom. The molecule has 15 heavy (non-hydrogen) atoms. The van der Waals surface area contributed by atoms with Gasteiger partial charge >= 0.3 is 11.4 Å². The van der Waals surface area contributed by atoms with E-state index in [1.165, 1.54) is 20.1 Å². The molecule has 0 bridgehead atoms. The van der Waals surface area contributed by atoms with Gasteiger partial charge in [-0.3, -0.25) is 20.2 Å². The minimum atomic E-state index is -0.787. The van der Waals surface area contributed by atoms with Crippen LogP contribution in [0.3, 0.4) is 0 Å². The van der Waals surface area contributed by atoms with Crippen LogP contribution in [0.5, 0.6) is 5.75 Å². The van der Waals surface area contributed by atoms with Crippen LogP contribution >= 0.6 is 0 Å². The smallest absolute Gasteiger partial charge is 0.352 e. The number of benzene rings is 1. The molecule has 0 saturated heterocycles. The van der Waals surface area contributed by atoms with E-state index in [0.717, 1.165) is 6.07 Å². The Morgan fingerprint density at radius 2 is 1.80 bits per heavy atom. The van der Waals surface area contributed by atoms with Crippen molar-refractivity contribution in [2.45, 2.75) is 6.92 Å². The molecule has 1 aromatic rings. The standard InChI is InChI=1S/C8H8N2O5/c1-5-7(15-2)4-3-6(9(11)12)8(5)10(13)14/h3-4H,1-2H3. The Morgan fingerprint density at radius 3 is 2.20 bits per heavy atom. The second-order valence-electron chi connectivity index (χ2n) is 2.77. The number of nitro benzene ring substituents is 2. The topological polar surface area (TPSA) is 95.5 Å². The second-order valence-corrected chi connectivity index (χ2v) is 2.77. The molecule has 0 aromatic heterocycles. The first-order valence-electron chi connectivity index (χ1n) is 3.95. The molecule has 0 amide bonds. The van der Waals surface area contributed by atoms with Gasteiger partial charge < -0.3 is 4.74 Å². The van der Waals surface area contributed by atoms with Crippen molar-refractivity contribution < 1.29 is 14.6 Å². The Balaban J connectivity index is 3.51. The van der Waals surface area contributed by atoms with Gasteiger partial charge in [0.25, 0.3) is 0 Å². The van der Waals surface area contributed by atoms with Crippen molar-refractivity contribution in [2.24, 2.45) is 0 Å². The molecule has 0 saturated carbocycles. The van der Waals surface area contributed by atoms with Crippen molar-refractivity contribution in [3.8, 4) is 5.75 Å². The predicted octanol–water partition coefficient (Wildman–Crippen LogP) is 1.82. The zero-order valence-electron chi connectivity index (χ0n) is 8.09. The highest BCUT2D eigenvalue weighted by Gasteiger charge is 2.28. The zero-order chi connectivity index (χ0) is 11.6. The van der Waals surface area contributed by atoms with Gasteiger partial charge in [0.1, 0.15) is 5.75 Å². The third-order valence-corrected chi connectivity index (χ3v) is 1.96. The van der Waals surface area contributed by atoms with E-state index in [1.54, 1.807) is 0 Å². The molecular weight excluding hydrogens is 204 g/mol. The van der Waals surface area contributed by atoms with Gasteiger partial charge in [0.05, 0.1) is 22.5 Å². The van der Waals surface area contributed by atoms with Crippen LogP contribution < -0.4 is 4.74 Å². The quantitative estimate of drug-likeness (QED) is 0.562. The monoisotopic (exact) mass is 212 g/mol. The number of methoxy groups -OCH3 is 1. The molecular formula is C8H8N2O5. The van der Waals surface area contributed by atoms with Crippen LogP contribution in [0.25, 0.3) is 0 Å². The van der Waals surface area contributed by atoms with E-state index < -0.39 is 21.2 Å². The maximum Gasteiger partial charge on any atom is 0.352 e. The summed E-state index contributed by atoms with van der Waals surface area (Å²) in [4.78, 5) is 19.6. The lowest BCUT2D eigenvalue weighted by atomic mass is 10.1. The number of nitrogens with zero attached hydrogens (tertiary/aromatic N) is 2. The summed E-state index contributed by atoms with van der Waals surface area (Å²) in [7, 11) is 1.35. The molecule has 0 N–H and O–H groups in total. The molecule has 7 heteroatoms. The second kappa shape index (κ2) is 3.91. The lowest BCUT2D eigenvalue weighted by Gasteiger charge is -2.04. The third kappa shape index (κ3) is 1.85. The van der Waals surface area contributed by atoms with Crippen molar-refractivity contribution >= 4 is 11.4 Å². The first-order valence-corrected chi connectivity index (χ1v) is 3.95. The van der Waals surface area contributed by atoms with E-state index in [2.05, 4.69) is 0 Å². The normalized spacial score (nSPS) is 9.73. The summed E-state index contributed by atoms with van der Waals surface area (Å²) in [6.45, 7) is 1.41. The molecule has 0 spiro atoms. The fourth-order valence-electron chi connectivity index (χ4n) is 1.27. The van der Waals surface area contributed by atoms with Gasteiger partial charge in [0.15, 0.2) is 0 Å². The average Bonchev–Trinajstić information content (AvgIpc) is 2.16. The van der Waals surface area contributed by atoms with Crippen LogP contribution in [0.4, 0.5) is 11.4 Å². The molecule has 1 aromatic carbocycles. The van der Waals surface area contributed by atoms with Crippen molar-refractivity contribution in [3.05, 3.63) is 37.9 Å². The number of hydrogen-bond acceptors (Lipinski definition) is 5. The van der Waals surface area contributed by atoms with Crippen molar-refractivity contribution in [1.29, 1.82) is 0 Å². The highest BCUT2D eigenvalue weighted by atomic mass is 16.6. The summed E-state index contributed by atoms with van der Waals surface area (Å²) in [6.07, 6.45) is 0. The van der Waals surface area contributed by atoms with Crippen LogP contribution in [-0.4, -0.2) is 17.0 Å². The first kappa shape index (κ1) is 10.9. The van der Waals surface area contributed by atoms with Gasteiger partial charge in [-0.05, 0) is 13.0 Å². The van der Waals surface area contributed by atoms with Crippen molar-refractivity contribution in [2.75, 3.05) is 7.11 Å². The van der Waals surface area contributed by atoms with E-state index in [0.29, 0.717) is 0 Å². The fraction of sp³-hybridized carbons (Fsp3) is 0.250. The van der Waals surface area contributed by atoms with Crippen LogP contribution in [0, 0.1) is 27.2 Å². The Bertz CT molecular complexity index is 429. The molecule has 1 rings (SSSR count). The third-order valence-electron chi connectivity index (χ3n) is 1.96. The summed E-state index contributed by atoms with van der Waals surface area (Å²) in [5.41, 5.74) is -0.908. The molecule has 7 nitrogen and oxygen atoms in total. The largest absolute Gasteiger partial charge is 0.496 e. The van der Waals surface area contributed by atoms with E-state index in [4.69, 9.17) is 4.74 Å². The molecule has 0 unspecified atom stereocenters. The number of rotatable bonds is 3. The van der Waals surface area contributed by atoms with E-state index in [1.807, 2.05) is 0 Å². The number of ether oxygens (including phenoxy) is 1. The van der Waals surface area contributed by atoms with Gasteiger partial charge in [0, 0.05) is 6.07 Å². The molecule has 0 aliphatic carbocycles. The van der Waals surface area contributed by atoms with E-state index >= 15 is 0 Å². The Kier molecular flexibility index (Phi) is 2.84. The molecule has 0 atom stereocenters. The predicted molar refractivity (Wildman–Crippen MR) is 51.0 cm³/mol. The molecule has 0 heterocycles. The molecule has 0 fully saturated rings. The summed E-state index contributed by atoms with van der Waals surface area (Å²) in [5, 5.41) is 21.2. The summed E-state index contributed by atoms with van der Waals surface area (Å²) >= 11 is 0. The lowest BCUT2D eigenvalue weighted by molar-refractivity contribution is -0.422. The molecule has 0 aliphatic heterocycles. The summed E-state index contributed by atoms with van der Waals surface area (Å²) < 4.78 is 4.84. The number of hydrogen-bond donors (Lipinski definition) is 0. The fourth-order valence-corrected chi connectivity index (χ4v) is 1.27. The summed E-state index contributed by atoms with van der Waals surface area (Å²) in [6, 6.07) is 2.39.